The molecule has 30 heavy (non-hydrogen) atoms. The van der Waals surface area contributed by atoms with Crippen LogP contribution >= 0.6 is 0 Å². The minimum Gasteiger partial charge on any atom is -0.381 e. The highest BCUT2D eigenvalue weighted by molar-refractivity contribution is 5.93. The number of rotatable bonds is 6. The van der Waals surface area contributed by atoms with Crippen LogP contribution in [0.3, 0.4) is 0 Å². The zero-order chi connectivity index (χ0) is 21.0. The zero-order valence-corrected chi connectivity index (χ0v) is 16.4. The number of carbonyl (C=O) groups is 2. The third kappa shape index (κ3) is 4.36. The van der Waals surface area contributed by atoms with Crippen LogP contribution in [0.1, 0.15) is 34.5 Å². The Morgan fingerprint density at radius 1 is 1.17 bits per heavy atom. The number of amides is 1. The fourth-order valence-corrected chi connectivity index (χ4v) is 3.59. The minimum absolute atomic E-state index is 0.0318. The number of H-pyrrole nitrogens is 1. The van der Waals surface area contributed by atoms with Gasteiger partial charge in [0, 0.05) is 50.5 Å². The van der Waals surface area contributed by atoms with Crippen LogP contribution in [0.5, 0.6) is 0 Å². The molecule has 1 fully saturated rings. The predicted molar refractivity (Wildman–Crippen MR) is 109 cm³/mol. The topological polar surface area (TPSA) is 121 Å². The number of ether oxygens (including phenoxy) is 1. The van der Waals surface area contributed by atoms with Crippen LogP contribution in [0, 0.1) is 11.3 Å². The number of aromatic amines is 1. The molecule has 0 spiro atoms. The fraction of sp³-hybridized carbons (Fsp3) is 0.318. The molecule has 2 N–H and O–H groups in total. The van der Waals surface area contributed by atoms with Gasteiger partial charge in [0.15, 0.2) is 0 Å². The van der Waals surface area contributed by atoms with Gasteiger partial charge >= 0.3 is 0 Å². The van der Waals surface area contributed by atoms with Crippen LogP contribution in [-0.2, 0) is 22.4 Å². The van der Waals surface area contributed by atoms with Gasteiger partial charge in [-0.05, 0) is 29.3 Å². The maximum Gasteiger partial charge on any atom is 0.271 e. The number of nitrogens with one attached hydrogen (secondary N) is 2. The molecule has 0 atom stereocenters. The standard InChI is InChI=1S/C22H21N5O3/c23-14-22(4-7-30-8-5-22)26-21(29)20-12-16(3-6-24-20)10-18(28)9-15-1-2-17-13-25-27-19(17)11-15/h1-3,6,11-13H,4-5,7-10H2,(H,25,27)(H,26,29). The summed E-state index contributed by atoms with van der Waals surface area (Å²) < 4.78 is 5.28. The van der Waals surface area contributed by atoms with Crippen LogP contribution in [0.4, 0.5) is 0 Å². The maximum absolute atomic E-state index is 12.6. The molecule has 1 aliphatic heterocycles. The predicted octanol–water partition coefficient (Wildman–Crippen LogP) is 2.11. The second-order valence-corrected chi connectivity index (χ2v) is 7.49. The molecule has 2 aromatic heterocycles. The lowest BCUT2D eigenvalue weighted by molar-refractivity contribution is -0.117. The second-order valence-electron chi connectivity index (χ2n) is 7.49. The van der Waals surface area contributed by atoms with E-state index >= 15 is 0 Å². The van der Waals surface area contributed by atoms with Gasteiger partial charge in [-0.1, -0.05) is 12.1 Å². The molecule has 0 bridgehead atoms. The van der Waals surface area contributed by atoms with E-state index < -0.39 is 11.4 Å². The summed E-state index contributed by atoms with van der Waals surface area (Å²) in [7, 11) is 0. The van der Waals surface area contributed by atoms with Gasteiger partial charge in [-0.15, -0.1) is 0 Å². The molecule has 8 heteroatoms. The van der Waals surface area contributed by atoms with Gasteiger partial charge in [0.05, 0.1) is 17.8 Å². The molecule has 4 rings (SSSR count). The summed E-state index contributed by atoms with van der Waals surface area (Å²) in [6.07, 6.45) is 4.61. The zero-order valence-electron chi connectivity index (χ0n) is 16.4. The molecule has 0 radical (unpaired) electrons. The lowest BCUT2D eigenvalue weighted by Gasteiger charge is -2.31. The minimum atomic E-state index is -0.936. The summed E-state index contributed by atoms with van der Waals surface area (Å²) in [5, 5.41) is 20.2. The molecule has 0 saturated carbocycles. The normalized spacial score (nSPS) is 15.4. The average Bonchev–Trinajstić information content (AvgIpc) is 3.22. The summed E-state index contributed by atoms with van der Waals surface area (Å²) in [4.78, 5) is 29.3. The molecular weight excluding hydrogens is 382 g/mol. The first-order valence-electron chi connectivity index (χ1n) is 9.77. The number of fused-ring (bicyclic) bond motifs is 1. The van der Waals surface area contributed by atoms with Crippen LogP contribution < -0.4 is 5.32 Å². The summed E-state index contributed by atoms with van der Waals surface area (Å²) in [6, 6.07) is 11.3. The van der Waals surface area contributed by atoms with Gasteiger partial charge in [0.25, 0.3) is 5.91 Å². The molecule has 3 heterocycles. The molecular formula is C22H21N5O3. The van der Waals surface area contributed by atoms with E-state index in [-0.39, 0.29) is 24.3 Å². The molecule has 1 aliphatic rings. The van der Waals surface area contributed by atoms with E-state index in [1.165, 1.54) is 6.20 Å². The van der Waals surface area contributed by atoms with E-state index in [1.54, 1.807) is 18.3 Å². The Balaban J connectivity index is 1.41. The second kappa shape index (κ2) is 8.43. The summed E-state index contributed by atoms with van der Waals surface area (Å²) >= 11 is 0. The highest BCUT2D eigenvalue weighted by Crippen LogP contribution is 2.20. The first kappa shape index (κ1) is 19.7. The van der Waals surface area contributed by atoms with Crippen molar-refractivity contribution < 1.29 is 14.3 Å². The number of hydrogen-bond donors (Lipinski definition) is 2. The van der Waals surface area contributed by atoms with E-state index in [2.05, 4.69) is 26.6 Å². The maximum atomic E-state index is 12.6. The molecule has 152 valence electrons. The number of Topliss-reactive ketones (excluding diaryl/α,β-unsaturated/α-hetero) is 1. The molecule has 0 unspecified atom stereocenters. The van der Waals surface area contributed by atoms with Gasteiger partial charge < -0.3 is 10.1 Å². The quantitative estimate of drug-likeness (QED) is 0.650. The van der Waals surface area contributed by atoms with E-state index in [4.69, 9.17) is 4.74 Å². The first-order valence-corrected chi connectivity index (χ1v) is 9.77. The molecule has 3 aromatic rings. The highest BCUT2D eigenvalue weighted by atomic mass is 16.5. The summed E-state index contributed by atoms with van der Waals surface area (Å²) in [5.41, 5.74) is 1.76. The van der Waals surface area contributed by atoms with E-state index in [0.717, 1.165) is 16.5 Å². The average molecular weight is 403 g/mol. The largest absolute Gasteiger partial charge is 0.381 e. The van der Waals surface area contributed by atoms with Gasteiger partial charge in [-0.25, -0.2) is 0 Å². The number of pyridine rings is 1. The number of aromatic nitrogens is 3. The Labute approximate surface area is 173 Å². The monoisotopic (exact) mass is 403 g/mol. The van der Waals surface area contributed by atoms with Gasteiger partial charge in [-0.2, -0.15) is 10.4 Å². The lowest BCUT2D eigenvalue weighted by Crippen LogP contribution is -2.51. The number of nitriles is 1. The van der Waals surface area contributed by atoms with E-state index in [9.17, 15) is 14.9 Å². The molecule has 1 aromatic carbocycles. The van der Waals surface area contributed by atoms with E-state index in [1.807, 2.05) is 18.2 Å². The van der Waals surface area contributed by atoms with Crippen molar-refractivity contribution in [2.24, 2.45) is 0 Å². The van der Waals surface area contributed by atoms with Crippen molar-refractivity contribution in [3.05, 3.63) is 59.5 Å². The Morgan fingerprint density at radius 2 is 1.93 bits per heavy atom. The van der Waals surface area contributed by atoms with E-state index in [0.29, 0.717) is 31.6 Å². The number of benzene rings is 1. The Morgan fingerprint density at radius 3 is 2.70 bits per heavy atom. The lowest BCUT2D eigenvalue weighted by atomic mass is 9.91. The highest BCUT2D eigenvalue weighted by Gasteiger charge is 2.34. The van der Waals surface area contributed by atoms with Crippen LogP contribution in [0.2, 0.25) is 0 Å². The molecule has 1 saturated heterocycles. The van der Waals surface area contributed by atoms with Crippen molar-refractivity contribution in [2.75, 3.05) is 13.2 Å². The Hall–Kier alpha value is -3.57. The number of hydrogen-bond acceptors (Lipinski definition) is 6. The van der Waals surface area contributed by atoms with Gasteiger partial charge in [-0.3, -0.25) is 19.7 Å². The van der Waals surface area contributed by atoms with Crippen LogP contribution in [-0.4, -0.2) is 45.6 Å². The molecule has 1 amide bonds. The van der Waals surface area contributed by atoms with Crippen molar-refractivity contribution in [2.45, 2.75) is 31.2 Å². The van der Waals surface area contributed by atoms with Crippen LogP contribution in [0.15, 0.2) is 42.7 Å². The molecule has 8 nitrogen and oxygen atoms in total. The number of ketones is 1. The van der Waals surface area contributed by atoms with Crippen molar-refractivity contribution in [1.29, 1.82) is 5.26 Å². The number of nitrogens with zero attached hydrogens (tertiary/aromatic N) is 3. The summed E-state index contributed by atoms with van der Waals surface area (Å²) in [6.45, 7) is 0.861. The first-order chi connectivity index (χ1) is 14.6. The van der Waals surface area contributed by atoms with Crippen molar-refractivity contribution in [3.63, 3.8) is 0 Å². The smallest absolute Gasteiger partial charge is 0.271 e. The third-order valence-corrected chi connectivity index (χ3v) is 5.28. The fourth-order valence-electron chi connectivity index (χ4n) is 3.59. The van der Waals surface area contributed by atoms with Crippen molar-refractivity contribution >= 4 is 22.6 Å². The van der Waals surface area contributed by atoms with Crippen molar-refractivity contribution in [1.82, 2.24) is 20.5 Å². The van der Waals surface area contributed by atoms with Gasteiger partial charge in [0.2, 0.25) is 0 Å². The third-order valence-electron chi connectivity index (χ3n) is 5.28. The van der Waals surface area contributed by atoms with Crippen LogP contribution in [0.25, 0.3) is 10.9 Å². The SMILES string of the molecule is N#CC1(NC(=O)c2cc(CC(=O)Cc3ccc4cn[nH]c4c3)ccn2)CCOCC1. The number of carbonyl (C=O) groups excluding carboxylic acids is 2. The summed E-state index contributed by atoms with van der Waals surface area (Å²) in [5.74, 6) is -0.387. The van der Waals surface area contributed by atoms with Crippen molar-refractivity contribution in [3.8, 4) is 6.07 Å². The molecule has 0 aliphatic carbocycles. The Kier molecular flexibility index (Phi) is 5.55. The van der Waals surface area contributed by atoms with Gasteiger partial charge in [0.1, 0.15) is 17.0 Å². The Bertz CT molecular complexity index is 1130.